The van der Waals surface area contributed by atoms with Crippen LogP contribution in [-0.2, 0) is 16.6 Å². The van der Waals surface area contributed by atoms with Crippen LogP contribution in [0, 0.1) is 11.8 Å². The Labute approximate surface area is 131 Å². The Morgan fingerprint density at radius 1 is 1.33 bits per heavy atom. The van der Waals surface area contributed by atoms with Gasteiger partial charge in [-0.15, -0.1) is 11.3 Å². The van der Waals surface area contributed by atoms with Gasteiger partial charge in [0.15, 0.2) is 0 Å². The molecule has 0 saturated heterocycles. The molecule has 4 nitrogen and oxygen atoms in total. The molecule has 0 spiro atoms. The lowest BCUT2D eigenvalue weighted by Crippen LogP contribution is -2.38. The van der Waals surface area contributed by atoms with Gasteiger partial charge in [0.1, 0.15) is 4.21 Å². The number of sulfonamides is 1. The van der Waals surface area contributed by atoms with E-state index in [9.17, 15) is 8.42 Å². The van der Waals surface area contributed by atoms with E-state index in [0.717, 1.165) is 24.4 Å². The van der Waals surface area contributed by atoms with E-state index in [0.29, 0.717) is 16.2 Å². The van der Waals surface area contributed by atoms with E-state index in [1.807, 2.05) is 5.38 Å². The quantitative estimate of drug-likeness (QED) is 0.844. The van der Waals surface area contributed by atoms with E-state index in [4.69, 9.17) is 0 Å². The molecule has 0 aliphatic heterocycles. The first-order valence-electron chi connectivity index (χ1n) is 7.77. The van der Waals surface area contributed by atoms with E-state index in [1.54, 1.807) is 6.07 Å². The molecule has 2 N–H and O–H groups in total. The van der Waals surface area contributed by atoms with Crippen molar-refractivity contribution in [3.8, 4) is 0 Å². The Morgan fingerprint density at radius 3 is 2.76 bits per heavy atom. The van der Waals surface area contributed by atoms with Gasteiger partial charge < -0.3 is 5.32 Å². The Morgan fingerprint density at radius 2 is 2.14 bits per heavy atom. The summed E-state index contributed by atoms with van der Waals surface area (Å²) in [4.78, 5) is 0. The molecule has 3 unspecified atom stereocenters. The van der Waals surface area contributed by atoms with Crippen LogP contribution in [0.3, 0.4) is 0 Å². The zero-order chi connectivity index (χ0) is 15.0. The van der Waals surface area contributed by atoms with Crippen LogP contribution in [0.2, 0.25) is 0 Å². The third-order valence-corrected chi connectivity index (χ3v) is 7.63. The number of rotatable bonds is 6. The van der Waals surface area contributed by atoms with E-state index in [1.165, 1.54) is 30.6 Å². The third kappa shape index (κ3) is 3.50. The fourth-order valence-electron chi connectivity index (χ4n) is 3.56. The van der Waals surface area contributed by atoms with Gasteiger partial charge in [0, 0.05) is 18.6 Å². The molecule has 3 atom stereocenters. The largest absolute Gasteiger partial charge is 0.310 e. The van der Waals surface area contributed by atoms with Gasteiger partial charge in [-0.3, -0.25) is 0 Å². The Kier molecular flexibility index (Phi) is 4.41. The van der Waals surface area contributed by atoms with Crippen molar-refractivity contribution < 1.29 is 8.42 Å². The van der Waals surface area contributed by atoms with Crippen molar-refractivity contribution in [2.75, 3.05) is 0 Å². The van der Waals surface area contributed by atoms with Gasteiger partial charge in [-0.05, 0) is 48.1 Å². The maximum Gasteiger partial charge on any atom is 0.250 e. The van der Waals surface area contributed by atoms with Crippen molar-refractivity contribution in [3.05, 3.63) is 17.0 Å². The maximum absolute atomic E-state index is 12.5. The SMILES string of the molecule is CC(C)NCc1csc(S(=O)(=O)NC2CC3CCC2C3)c1. The van der Waals surface area contributed by atoms with Crippen molar-refractivity contribution in [2.24, 2.45) is 11.8 Å². The minimum atomic E-state index is -3.34. The molecule has 2 bridgehead atoms. The third-order valence-electron chi connectivity index (χ3n) is 4.65. The van der Waals surface area contributed by atoms with Crippen LogP contribution in [0.4, 0.5) is 0 Å². The first-order valence-corrected chi connectivity index (χ1v) is 10.1. The number of hydrogen-bond acceptors (Lipinski definition) is 4. The lowest BCUT2D eigenvalue weighted by molar-refractivity contribution is 0.390. The summed E-state index contributed by atoms with van der Waals surface area (Å²) in [5.74, 6) is 1.31. The van der Waals surface area contributed by atoms with E-state index in [2.05, 4.69) is 23.9 Å². The zero-order valence-corrected chi connectivity index (χ0v) is 14.3. The molecule has 0 radical (unpaired) electrons. The van der Waals surface area contributed by atoms with Crippen molar-refractivity contribution in [1.29, 1.82) is 0 Å². The van der Waals surface area contributed by atoms with Gasteiger partial charge >= 0.3 is 0 Å². The van der Waals surface area contributed by atoms with Gasteiger partial charge in [0.25, 0.3) is 0 Å². The van der Waals surface area contributed by atoms with Gasteiger partial charge in [-0.2, -0.15) is 0 Å². The summed E-state index contributed by atoms with van der Waals surface area (Å²) in [7, 11) is -3.34. The molecule has 1 aromatic rings. The monoisotopic (exact) mass is 328 g/mol. The molecule has 1 aromatic heterocycles. The lowest BCUT2D eigenvalue weighted by Gasteiger charge is -2.22. The number of fused-ring (bicyclic) bond motifs is 2. The van der Waals surface area contributed by atoms with Crippen molar-refractivity contribution in [3.63, 3.8) is 0 Å². The van der Waals surface area contributed by atoms with Crippen LogP contribution < -0.4 is 10.0 Å². The highest BCUT2D eigenvalue weighted by Gasteiger charge is 2.41. The van der Waals surface area contributed by atoms with Gasteiger partial charge in [0.2, 0.25) is 10.0 Å². The number of hydrogen-bond donors (Lipinski definition) is 2. The first-order chi connectivity index (χ1) is 9.94. The normalized spacial score (nSPS) is 28.6. The molecule has 2 fully saturated rings. The summed E-state index contributed by atoms with van der Waals surface area (Å²) >= 11 is 1.32. The second kappa shape index (κ2) is 5.99. The predicted molar refractivity (Wildman–Crippen MR) is 85.9 cm³/mol. The Hall–Kier alpha value is -0.430. The molecule has 6 heteroatoms. The lowest BCUT2D eigenvalue weighted by atomic mass is 9.96. The Balaban J connectivity index is 1.64. The van der Waals surface area contributed by atoms with Crippen LogP contribution in [-0.4, -0.2) is 20.5 Å². The molecule has 0 amide bonds. The molecular formula is C15H24N2O2S2. The van der Waals surface area contributed by atoms with Gasteiger partial charge in [-0.1, -0.05) is 20.3 Å². The standard InChI is InChI=1S/C15H24N2O2S2/c1-10(2)16-8-12-7-15(20-9-12)21(18,19)17-14-6-11-3-4-13(14)5-11/h7,9-11,13-14,16-17H,3-6,8H2,1-2H3. The molecule has 21 heavy (non-hydrogen) atoms. The molecule has 2 aliphatic rings. The molecule has 2 aliphatic carbocycles. The highest BCUT2D eigenvalue weighted by atomic mass is 32.2. The van der Waals surface area contributed by atoms with Crippen LogP contribution in [0.1, 0.15) is 45.1 Å². The van der Waals surface area contributed by atoms with Crippen LogP contribution >= 0.6 is 11.3 Å². The molecule has 0 aromatic carbocycles. The minimum absolute atomic E-state index is 0.160. The summed E-state index contributed by atoms with van der Waals surface area (Å²) in [6.07, 6.45) is 4.71. The van der Waals surface area contributed by atoms with Gasteiger partial charge in [-0.25, -0.2) is 13.1 Å². The van der Waals surface area contributed by atoms with Crippen molar-refractivity contribution in [1.82, 2.24) is 10.0 Å². The molecule has 2 saturated carbocycles. The smallest absolute Gasteiger partial charge is 0.250 e. The van der Waals surface area contributed by atoms with E-state index < -0.39 is 10.0 Å². The summed E-state index contributed by atoms with van der Waals surface area (Å²) < 4.78 is 28.4. The summed E-state index contributed by atoms with van der Waals surface area (Å²) in [6, 6.07) is 2.36. The summed E-state index contributed by atoms with van der Waals surface area (Å²) in [5, 5.41) is 5.25. The summed E-state index contributed by atoms with van der Waals surface area (Å²) in [6.45, 7) is 4.89. The second-order valence-electron chi connectivity index (χ2n) is 6.71. The van der Waals surface area contributed by atoms with E-state index in [-0.39, 0.29) is 6.04 Å². The molecular weight excluding hydrogens is 304 g/mol. The zero-order valence-electron chi connectivity index (χ0n) is 12.6. The fourth-order valence-corrected chi connectivity index (χ4v) is 6.10. The van der Waals surface area contributed by atoms with Crippen LogP contribution in [0.15, 0.2) is 15.7 Å². The molecule has 3 rings (SSSR count). The average Bonchev–Trinajstić information content (AvgIpc) is 3.12. The Bertz CT molecular complexity index is 595. The number of thiophene rings is 1. The van der Waals surface area contributed by atoms with E-state index >= 15 is 0 Å². The predicted octanol–water partition coefficient (Wildman–Crippen LogP) is 2.71. The van der Waals surface area contributed by atoms with Crippen LogP contribution in [0.25, 0.3) is 0 Å². The minimum Gasteiger partial charge on any atom is -0.310 e. The first kappa shape index (κ1) is 15.5. The topological polar surface area (TPSA) is 58.2 Å². The highest BCUT2D eigenvalue weighted by molar-refractivity contribution is 7.91. The number of nitrogens with one attached hydrogen (secondary N) is 2. The molecule has 1 heterocycles. The van der Waals surface area contributed by atoms with Crippen molar-refractivity contribution in [2.45, 2.75) is 62.4 Å². The van der Waals surface area contributed by atoms with Gasteiger partial charge in [0.05, 0.1) is 0 Å². The summed E-state index contributed by atoms with van der Waals surface area (Å²) in [5.41, 5.74) is 1.04. The maximum atomic E-state index is 12.5. The highest BCUT2D eigenvalue weighted by Crippen LogP contribution is 2.44. The molecule has 118 valence electrons. The van der Waals surface area contributed by atoms with Crippen molar-refractivity contribution >= 4 is 21.4 Å². The van der Waals surface area contributed by atoms with Crippen LogP contribution in [0.5, 0.6) is 0 Å². The second-order valence-corrected chi connectivity index (χ2v) is 9.56. The average molecular weight is 329 g/mol. The fraction of sp³-hybridized carbons (Fsp3) is 0.733.